The maximum atomic E-state index is 6.31. The van der Waals surface area contributed by atoms with Crippen LogP contribution in [0.25, 0.3) is 5.69 Å². The van der Waals surface area contributed by atoms with Crippen molar-refractivity contribution in [2.75, 3.05) is 5.73 Å². The largest absolute Gasteiger partial charge is 0.383 e. The third-order valence-corrected chi connectivity index (χ3v) is 4.73. The first kappa shape index (κ1) is 13.8. The van der Waals surface area contributed by atoms with Gasteiger partial charge in [0.15, 0.2) is 0 Å². The molecule has 0 atom stereocenters. The van der Waals surface area contributed by atoms with Crippen molar-refractivity contribution in [1.82, 2.24) is 9.78 Å². The van der Waals surface area contributed by atoms with Gasteiger partial charge < -0.3 is 5.73 Å². The van der Waals surface area contributed by atoms with Crippen molar-refractivity contribution in [3.05, 3.63) is 65.9 Å². The van der Waals surface area contributed by atoms with Crippen molar-refractivity contribution in [3.63, 3.8) is 0 Å². The molecule has 0 aliphatic rings. The normalized spacial score (nSPS) is 10.8. The number of aryl methyl sites for hydroxylation is 2. The Morgan fingerprint density at radius 2 is 1.62 bits per heavy atom. The van der Waals surface area contributed by atoms with Crippen LogP contribution in [-0.4, -0.2) is 9.78 Å². The fraction of sp³-hybridized carbons (Fsp3) is 0.118. The molecule has 3 nitrogen and oxygen atoms in total. The Morgan fingerprint density at radius 3 is 2.33 bits per heavy atom. The van der Waals surface area contributed by atoms with Crippen LogP contribution in [0.2, 0.25) is 0 Å². The summed E-state index contributed by atoms with van der Waals surface area (Å²) in [5.41, 5.74) is 9.49. The Bertz CT molecular complexity index is 763. The summed E-state index contributed by atoms with van der Waals surface area (Å²) in [5, 5.41) is 4.58. The first-order chi connectivity index (χ1) is 10.2. The van der Waals surface area contributed by atoms with Crippen LogP contribution >= 0.6 is 11.8 Å². The number of anilines is 1. The van der Waals surface area contributed by atoms with Gasteiger partial charge in [0.05, 0.1) is 16.3 Å². The summed E-state index contributed by atoms with van der Waals surface area (Å²) in [6.45, 7) is 4.10. The highest BCUT2D eigenvalue weighted by Crippen LogP contribution is 2.37. The lowest BCUT2D eigenvalue weighted by Gasteiger charge is -2.06. The molecule has 0 saturated heterocycles. The molecule has 1 aromatic heterocycles. The van der Waals surface area contributed by atoms with Crippen LogP contribution in [-0.2, 0) is 0 Å². The van der Waals surface area contributed by atoms with Crippen molar-refractivity contribution in [3.8, 4) is 5.69 Å². The van der Waals surface area contributed by atoms with Gasteiger partial charge in [0, 0.05) is 4.90 Å². The molecule has 4 heteroatoms. The molecule has 0 bridgehead atoms. The number of nitrogens with zero attached hydrogens (tertiary/aromatic N) is 2. The Kier molecular flexibility index (Phi) is 3.71. The van der Waals surface area contributed by atoms with E-state index in [2.05, 4.69) is 24.2 Å². The molecule has 0 aliphatic carbocycles. The van der Waals surface area contributed by atoms with Gasteiger partial charge in [0.2, 0.25) is 0 Å². The fourth-order valence-corrected chi connectivity index (χ4v) is 3.18. The summed E-state index contributed by atoms with van der Waals surface area (Å²) in [6, 6.07) is 18.3. The van der Waals surface area contributed by atoms with E-state index in [-0.39, 0.29) is 0 Å². The number of rotatable bonds is 3. The minimum Gasteiger partial charge on any atom is -0.383 e. The summed E-state index contributed by atoms with van der Waals surface area (Å²) >= 11 is 1.67. The predicted octanol–water partition coefficient (Wildman–Crippen LogP) is 4.22. The van der Waals surface area contributed by atoms with Crippen molar-refractivity contribution in [1.29, 1.82) is 0 Å². The quantitative estimate of drug-likeness (QED) is 0.786. The third kappa shape index (κ3) is 2.67. The Hall–Kier alpha value is -2.20. The van der Waals surface area contributed by atoms with Crippen LogP contribution in [0.15, 0.2) is 64.4 Å². The minimum absolute atomic E-state index is 0.687. The standard InChI is InChI=1S/C17H17N3S/c1-12-8-6-7-11-15(12)21-16-13(2)19-20(17(16)18)14-9-4-3-5-10-14/h3-11H,18H2,1-2H3. The average molecular weight is 295 g/mol. The van der Waals surface area contributed by atoms with E-state index in [4.69, 9.17) is 5.73 Å². The Morgan fingerprint density at radius 1 is 0.952 bits per heavy atom. The number of hydrogen-bond donors (Lipinski definition) is 1. The number of para-hydroxylation sites is 1. The molecule has 3 aromatic rings. The first-order valence-electron chi connectivity index (χ1n) is 6.81. The lowest BCUT2D eigenvalue weighted by atomic mass is 10.2. The van der Waals surface area contributed by atoms with E-state index in [1.54, 1.807) is 16.4 Å². The molecule has 3 rings (SSSR count). The van der Waals surface area contributed by atoms with Gasteiger partial charge in [-0.3, -0.25) is 0 Å². The monoisotopic (exact) mass is 295 g/mol. The van der Waals surface area contributed by atoms with Crippen molar-refractivity contribution < 1.29 is 0 Å². The molecule has 2 aromatic carbocycles. The molecule has 0 spiro atoms. The summed E-state index contributed by atoms with van der Waals surface area (Å²) < 4.78 is 1.80. The molecule has 0 fully saturated rings. The van der Waals surface area contributed by atoms with E-state index in [0.717, 1.165) is 16.3 Å². The van der Waals surface area contributed by atoms with Gasteiger partial charge in [0.25, 0.3) is 0 Å². The SMILES string of the molecule is Cc1ccccc1Sc1c(C)nn(-c2ccccc2)c1N. The lowest BCUT2D eigenvalue weighted by Crippen LogP contribution is -2.01. The zero-order valence-electron chi connectivity index (χ0n) is 12.1. The topological polar surface area (TPSA) is 43.8 Å². The van der Waals surface area contributed by atoms with Crippen molar-refractivity contribution >= 4 is 17.6 Å². The lowest BCUT2D eigenvalue weighted by molar-refractivity contribution is 0.872. The Balaban J connectivity index is 2.01. The number of nitrogen functional groups attached to an aromatic ring is 1. The zero-order valence-corrected chi connectivity index (χ0v) is 12.9. The molecule has 1 heterocycles. The number of aromatic nitrogens is 2. The summed E-state index contributed by atoms with van der Waals surface area (Å²) in [5.74, 6) is 0.687. The summed E-state index contributed by atoms with van der Waals surface area (Å²) in [6.07, 6.45) is 0. The van der Waals surface area contributed by atoms with E-state index in [1.807, 2.05) is 49.4 Å². The highest BCUT2D eigenvalue weighted by atomic mass is 32.2. The average Bonchev–Trinajstić information content (AvgIpc) is 2.78. The van der Waals surface area contributed by atoms with E-state index in [1.165, 1.54) is 10.5 Å². The van der Waals surface area contributed by atoms with E-state index in [0.29, 0.717) is 5.82 Å². The van der Waals surface area contributed by atoms with Crippen LogP contribution in [0.1, 0.15) is 11.3 Å². The second-order valence-electron chi connectivity index (χ2n) is 4.91. The van der Waals surface area contributed by atoms with E-state index in [9.17, 15) is 0 Å². The number of nitrogens with two attached hydrogens (primary N) is 1. The van der Waals surface area contributed by atoms with Gasteiger partial charge in [-0.15, -0.1) is 0 Å². The molecule has 21 heavy (non-hydrogen) atoms. The van der Waals surface area contributed by atoms with Crippen molar-refractivity contribution in [2.45, 2.75) is 23.6 Å². The molecular weight excluding hydrogens is 278 g/mol. The first-order valence-corrected chi connectivity index (χ1v) is 7.62. The molecule has 0 aliphatic heterocycles. The van der Waals surface area contributed by atoms with Crippen molar-refractivity contribution in [2.24, 2.45) is 0 Å². The molecule has 0 saturated carbocycles. The summed E-state index contributed by atoms with van der Waals surface area (Å²) in [4.78, 5) is 2.23. The minimum atomic E-state index is 0.687. The van der Waals surface area contributed by atoms with Gasteiger partial charge in [0.1, 0.15) is 5.82 Å². The van der Waals surface area contributed by atoms with Crippen LogP contribution in [0.5, 0.6) is 0 Å². The second kappa shape index (κ2) is 5.66. The van der Waals surface area contributed by atoms with Crippen LogP contribution in [0.4, 0.5) is 5.82 Å². The smallest absolute Gasteiger partial charge is 0.141 e. The van der Waals surface area contributed by atoms with E-state index < -0.39 is 0 Å². The number of benzene rings is 2. The van der Waals surface area contributed by atoms with Crippen LogP contribution < -0.4 is 5.73 Å². The molecule has 0 unspecified atom stereocenters. The summed E-state index contributed by atoms with van der Waals surface area (Å²) in [7, 11) is 0. The molecule has 2 N–H and O–H groups in total. The van der Waals surface area contributed by atoms with Gasteiger partial charge in [-0.1, -0.05) is 48.2 Å². The van der Waals surface area contributed by atoms with Gasteiger partial charge in [-0.2, -0.15) is 5.10 Å². The maximum absolute atomic E-state index is 6.31. The molecule has 106 valence electrons. The molecule has 0 radical (unpaired) electrons. The third-order valence-electron chi connectivity index (χ3n) is 3.35. The van der Waals surface area contributed by atoms with E-state index >= 15 is 0 Å². The Labute approximate surface area is 128 Å². The highest BCUT2D eigenvalue weighted by Gasteiger charge is 2.15. The zero-order chi connectivity index (χ0) is 14.8. The highest BCUT2D eigenvalue weighted by molar-refractivity contribution is 7.99. The van der Waals surface area contributed by atoms with Crippen LogP contribution in [0.3, 0.4) is 0 Å². The van der Waals surface area contributed by atoms with Gasteiger partial charge in [-0.25, -0.2) is 4.68 Å². The fourth-order valence-electron chi connectivity index (χ4n) is 2.20. The van der Waals surface area contributed by atoms with Crippen LogP contribution in [0, 0.1) is 13.8 Å². The molecule has 0 amide bonds. The second-order valence-corrected chi connectivity index (χ2v) is 5.97. The number of hydrogen-bond acceptors (Lipinski definition) is 3. The maximum Gasteiger partial charge on any atom is 0.141 e. The van der Waals surface area contributed by atoms with Gasteiger partial charge >= 0.3 is 0 Å². The van der Waals surface area contributed by atoms with Gasteiger partial charge in [-0.05, 0) is 37.6 Å². The predicted molar refractivity (Wildman–Crippen MR) is 88.0 cm³/mol. The molecular formula is C17H17N3S.